The summed E-state index contributed by atoms with van der Waals surface area (Å²) in [6.07, 6.45) is 11.7. The van der Waals surface area contributed by atoms with Crippen LogP contribution in [0.15, 0.2) is 84.9 Å². The van der Waals surface area contributed by atoms with E-state index in [1.54, 1.807) is 12.2 Å². The zero-order valence-corrected chi connectivity index (χ0v) is 22.9. The van der Waals surface area contributed by atoms with E-state index in [9.17, 15) is 9.59 Å². The highest BCUT2D eigenvalue weighted by molar-refractivity contribution is 5.87. The monoisotopic (exact) mass is 510 g/mol. The van der Waals surface area contributed by atoms with E-state index in [4.69, 9.17) is 0 Å². The van der Waals surface area contributed by atoms with E-state index in [0.29, 0.717) is 0 Å². The number of hydrogen-bond donors (Lipinski definition) is 0. The molecule has 0 aromatic heterocycles. The fourth-order valence-corrected chi connectivity index (χ4v) is 4.47. The molecule has 0 spiro atoms. The van der Waals surface area contributed by atoms with Gasteiger partial charge in [-0.15, -0.1) is 0 Å². The normalized spacial score (nSPS) is 17.1. The predicted octanol–water partition coefficient (Wildman–Crippen LogP) is 8.01. The maximum absolute atomic E-state index is 11.0. The average molecular weight is 511 g/mol. The number of rotatable bonds is 6. The minimum absolute atomic E-state index is 0.314. The van der Waals surface area contributed by atoms with Crippen LogP contribution >= 0.6 is 0 Å². The molecule has 0 unspecified atom stereocenters. The van der Waals surface area contributed by atoms with E-state index in [1.165, 1.54) is 68.7 Å². The van der Waals surface area contributed by atoms with E-state index >= 15 is 0 Å². The van der Waals surface area contributed by atoms with Crippen LogP contribution in [0.2, 0.25) is 0 Å². The first-order valence-electron chi connectivity index (χ1n) is 13.2. The van der Waals surface area contributed by atoms with Crippen molar-refractivity contribution < 1.29 is 19.1 Å². The summed E-state index contributed by atoms with van der Waals surface area (Å²) in [5.41, 5.74) is 7.05. The predicted molar refractivity (Wildman–Crippen MR) is 156 cm³/mol. The molecule has 1 aliphatic rings. The van der Waals surface area contributed by atoms with Crippen molar-refractivity contribution in [1.29, 1.82) is 0 Å². The maximum Gasteiger partial charge on any atom is 0.330 e. The molecule has 0 atom stereocenters. The van der Waals surface area contributed by atoms with Gasteiger partial charge in [-0.1, -0.05) is 98.1 Å². The van der Waals surface area contributed by atoms with Gasteiger partial charge in [0.1, 0.15) is 0 Å². The third-order valence-corrected chi connectivity index (χ3v) is 6.95. The molecule has 4 rings (SSSR count). The molecule has 1 fully saturated rings. The minimum Gasteiger partial charge on any atom is -0.466 e. The van der Waals surface area contributed by atoms with Crippen LogP contribution in [-0.2, 0) is 19.1 Å². The molecule has 3 aromatic carbocycles. The first-order chi connectivity index (χ1) is 18.4. The van der Waals surface area contributed by atoms with Crippen molar-refractivity contribution in [1.82, 2.24) is 0 Å². The van der Waals surface area contributed by atoms with Crippen molar-refractivity contribution in [2.75, 3.05) is 14.2 Å². The topological polar surface area (TPSA) is 52.6 Å². The molecular weight excluding hydrogens is 472 g/mol. The first kappa shape index (κ1) is 28.6. The van der Waals surface area contributed by atoms with Gasteiger partial charge in [0.2, 0.25) is 0 Å². The molecule has 0 radical (unpaired) electrons. The number of aryl methyl sites for hydroxylation is 1. The molecule has 0 saturated heterocycles. The Morgan fingerprint density at radius 2 is 1.08 bits per heavy atom. The number of hydrogen-bond acceptors (Lipinski definition) is 4. The highest BCUT2D eigenvalue weighted by Crippen LogP contribution is 2.35. The standard InChI is InChI=1S/C17H22O2.C17H16O2/c2*1-13-3-8-15(9-4-13)16-10-5-14(6-11-16)7-12-17(18)19-2/h5-7,10-13,15H,3-4,8-9H2,1-2H3;3-12H,1-2H3/b2*12-7+. The van der Waals surface area contributed by atoms with Crippen LogP contribution < -0.4 is 0 Å². The Labute approximate surface area is 227 Å². The lowest BCUT2D eigenvalue weighted by molar-refractivity contribution is -0.135. The summed E-state index contributed by atoms with van der Waals surface area (Å²) in [6, 6.07) is 25.0. The van der Waals surface area contributed by atoms with E-state index in [0.717, 1.165) is 28.5 Å². The molecule has 0 bridgehead atoms. The average Bonchev–Trinajstić information content (AvgIpc) is 2.96. The van der Waals surface area contributed by atoms with Crippen LogP contribution in [0.3, 0.4) is 0 Å². The number of carbonyl (C=O) groups is 2. The van der Waals surface area contributed by atoms with Gasteiger partial charge in [-0.05, 0) is 71.6 Å². The van der Waals surface area contributed by atoms with Crippen LogP contribution in [0.4, 0.5) is 0 Å². The van der Waals surface area contributed by atoms with Gasteiger partial charge in [0.25, 0.3) is 0 Å². The smallest absolute Gasteiger partial charge is 0.330 e. The largest absolute Gasteiger partial charge is 0.466 e. The summed E-state index contributed by atoms with van der Waals surface area (Å²) < 4.78 is 9.13. The number of ether oxygens (including phenoxy) is 2. The van der Waals surface area contributed by atoms with E-state index in [1.807, 2.05) is 24.3 Å². The Balaban J connectivity index is 0.000000211. The summed E-state index contributed by atoms with van der Waals surface area (Å²) in [4.78, 5) is 22.0. The van der Waals surface area contributed by atoms with Crippen LogP contribution in [0.5, 0.6) is 0 Å². The Kier molecular flexibility index (Phi) is 11.1. The third-order valence-electron chi connectivity index (χ3n) is 6.95. The summed E-state index contributed by atoms with van der Waals surface area (Å²) in [6.45, 7) is 4.42. The highest BCUT2D eigenvalue weighted by atomic mass is 16.5. The van der Waals surface area contributed by atoms with Gasteiger partial charge in [0.15, 0.2) is 0 Å². The fourth-order valence-electron chi connectivity index (χ4n) is 4.47. The van der Waals surface area contributed by atoms with Crippen LogP contribution in [0.1, 0.15) is 60.8 Å². The summed E-state index contributed by atoms with van der Waals surface area (Å²) in [5.74, 6) is 0.946. The zero-order valence-electron chi connectivity index (χ0n) is 22.9. The molecule has 4 heteroatoms. The summed E-state index contributed by atoms with van der Waals surface area (Å²) in [5, 5.41) is 0. The molecular formula is C34H38O4. The Hall–Kier alpha value is -3.92. The lowest BCUT2D eigenvalue weighted by Gasteiger charge is -2.26. The maximum atomic E-state index is 11.0. The molecule has 0 N–H and O–H groups in total. The molecule has 1 saturated carbocycles. The molecule has 0 amide bonds. The first-order valence-corrected chi connectivity index (χ1v) is 13.2. The van der Waals surface area contributed by atoms with Crippen molar-refractivity contribution in [3.63, 3.8) is 0 Å². The van der Waals surface area contributed by atoms with Gasteiger partial charge in [0.05, 0.1) is 14.2 Å². The van der Waals surface area contributed by atoms with Crippen molar-refractivity contribution in [3.8, 4) is 11.1 Å². The van der Waals surface area contributed by atoms with E-state index < -0.39 is 0 Å². The highest BCUT2D eigenvalue weighted by Gasteiger charge is 2.19. The molecule has 0 heterocycles. The van der Waals surface area contributed by atoms with Gasteiger partial charge < -0.3 is 9.47 Å². The molecule has 0 aliphatic heterocycles. The summed E-state index contributed by atoms with van der Waals surface area (Å²) in [7, 11) is 2.76. The minimum atomic E-state index is -0.345. The second-order valence-electron chi connectivity index (χ2n) is 9.82. The molecule has 3 aromatic rings. The van der Waals surface area contributed by atoms with Gasteiger partial charge in [-0.25, -0.2) is 9.59 Å². The van der Waals surface area contributed by atoms with Gasteiger partial charge in [0, 0.05) is 12.2 Å². The van der Waals surface area contributed by atoms with Crippen LogP contribution in [0.25, 0.3) is 23.3 Å². The van der Waals surface area contributed by atoms with Crippen molar-refractivity contribution in [3.05, 3.63) is 107 Å². The van der Waals surface area contributed by atoms with E-state index in [-0.39, 0.29) is 11.9 Å². The Morgan fingerprint density at radius 3 is 1.53 bits per heavy atom. The lowest BCUT2D eigenvalue weighted by atomic mass is 9.79. The Morgan fingerprint density at radius 1 is 0.658 bits per heavy atom. The van der Waals surface area contributed by atoms with Crippen molar-refractivity contribution in [2.24, 2.45) is 5.92 Å². The number of carbonyl (C=O) groups excluding carboxylic acids is 2. The second-order valence-corrected chi connectivity index (χ2v) is 9.82. The molecule has 4 nitrogen and oxygen atoms in total. The Bertz CT molecular complexity index is 1210. The summed E-state index contributed by atoms with van der Waals surface area (Å²) >= 11 is 0. The lowest BCUT2D eigenvalue weighted by Crippen LogP contribution is -2.10. The SMILES string of the molecule is COC(=O)/C=C/c1ccc(-c2ccc(C)cc2)cc1.COC(=O)/C=C/c1ccc(C2CCC(C)CC2)cc1. The molecule has 38 heavy (non-hydrogen) atoms. The molecule has 1 aliphatic carbocycles. The fraction of sp³-hybridized carbons (Fsp3) is 0.294. The van der Waals surface area contributed by atoms with Crippen LogP contribution in [-0.4, -0.2) is 26.2 Å². The van der Waals surface area contributed by atoms with Crippen molar-refractivity contribution in [2.45, 2.75) is 45.4 Å². The van der Waals surface area contributed by atoms with Gasteiger partial charge in [-0.3, -0.25) is 0 Å². The van der Waals surface area contributed by atoms with Crippen LogP contribution in [0, 0.1) is 12.8 Å². The molecule has 198 valence electrons. The third kappa shape index (κ3) is 9.19. The van der Waals surface area contributed by atoms with Gasteiger partial charge >= 0.3 is 11.9 Å². The number of esters is 2. The van der Waals surface area contributed by atoms with Crippen molar-refractivity contribution >= 4 is 24.1 Å². The van der Waals surface area contributed by atoms with Gasteiger partial charge in [-0.2, -0.15) is 0 Å². The van der Waals surface area contributed by atoms with E-state index in [2.05, 4.69) is 71.9 Å². The second kappa shape index (κ2) is 14.7. The number of methoxy groups -OCH3 is 2. The zero-order chi connectivity index (χ0) is 27.3. The number of benzene rings is 3. The quantitative estimate of drug-likeness (QED) is 0.249.